The summed E-state index contributed by atoms with van der Waals surface area (Å²) >= 11 is 1.75. The highest BCUT2D eigenvalue weighted by Gasteiger charge is 1.96. The van der Waals surface area contributed by atoms with Gasteiger partial charge in [0.1, 0.15) is 0 Å². The molecule has 76 valence electrons. The molecule has 0 fully saturated rings. The zero-order valence-corrected chi connectivity index (χ0v) is 9.08. The Kier molecular flexibility index (Phi) is 3.25. The lowest BCUT2D eigenvalue weighted by Crippen LogP contribution is -1.86. The van der Waals surface area contributed by atoms with E-state index in [1.807, 2.05) is 42.6 Å². The van der Waals surface area contributed by atoms with E-state index in [9.17, 15) is 0 Å². The lowest BCUT2D eigenvalue weighted by Gasteiger charge is -2.01. The standard InChI is InChI=1S/C12H12N2S/c13-10-4-3-6-12(8-10)15-9-11-5-1-2-7-14-11/h1-8H,9,13H2. The van der Waals surface area contributed by atoms with Crippen molar-refractivity contribution in [1.29, 1.82) is 0 Å². The second-order valence-electron chi connectivity index (χ2n) is 3.18. The molecule has 0 aliphatic carbocycles. The number of rotatable bonds is 3. The maximum absolute atomic E-state index is 5.70. The number of aromatic nitrogens is 1. The summed E-state index contributed by atoms with van der Waals surface area (Å²) in [5.74, 6) is 0.879. The summed E-state index contributed by atoms with van der Waals surface area (Å²) in [4.78, 5) is 5.45. The van der Waals surface area contributed by atoms with Crippen LogP contribution in [-0.2, 0) is 5.75 Å². The fraction of sp³-hybridized carbons (Fsp3) is 0.0833. The average Bonchev–Trinajstić information content (AvgIpc) is 2.28. The molecule has 0 atom stereocenters. The number of hydrogen-bond acceptors (Lipinski definition) is 3. The Morgan fingerprint density at radius 1 is 1.13 bits per heavy atom. The van der Waals surface area contributed by atoms with Crippen molar-refractivity contribution >= 4 is 17.4 Å². The van der Waals surface area contributed by atoms with Gasteiger partial charge in [-0.2, -0.15) is 0 Å². The number of pyridine rings is 1. The van der Waals surface area contributed by atoms with E-state index in [4.69, 9.17) is 5.73 Å². The Morgan fingerprint density at radius 2 is 2.07 bits per heavy atom. The van der Waals surface area contributed by atoms with Crippen LogP contribution in [0.2, 0.25) is 0 Å². The predicted molar refractivity (Wildman–Crippen MR) is 64.7 cm³/mol. The first kappa shape index (κ1) is 10.1. The largest absolute Gasteiger partial charge is 0.399 e. The summed E-state index contributed by atoms with van der Waals surface area (Å²) < 4.78 is 0. The van der Waals surface area contributed by atoms with Crippen LogP contribution in [0.1, 0.15) is 5.69 Å². The summed E-state index contributed by atoms with van der Waals surface area (Å²) in [6.07, 6.45) is 1.81. The third-order valence-electron chi connectivity index (χ3n) is 1.97. The van der Waals surface area contributed by atoms with Gasteiger partial charge >= 0.3 is 0 Å². The Bertz CT molecular complexity index is 429. The molecule has 0 bridgehead atoms. The summed E-state index contributed by atoms with van der Waals surface area (Å²) in [5.41, 5.74) is 7.59. The van der Waals surface area contributed by atoms with Crippen molar-refractivity contribution in [3.63, 3.8) is 0 Å². The zero-order valence-electron chi connectivity index (χ0n) is 8.26. The second-order valence-corrected chi connectivity index (χ2v) is 4.23. The molecule has 2 rings (SSSR count). The van der Waals surface area contributed by atoms with Crippen molar-refractivity contribution < 1.29 is 0 Å². The SMILES string of the molecule is Nc1cccc(SCc2ccccn2)c1. The van der Waals surface area contributed by atoms with Gasteiger partial charge in [0.05, 0.1) is 5.69 Å². The number of nitrogen functional groups attached to an aromatic ring is 1. The van der Waals surface area contributed by atoms with Crippen LogP contribution in [0.25, 0.3) is 0 Å². The number of nitrogens with two attached hydrogens (primary N) is 1. The number of benzene rings is 1. The van der Waals surface area contributed by atoms with Crippen LogP contribution >= 0.6 is 11.8 Å². The summed E-state index contributed by atoms with van der Waals surface area (Å²) in [6, 6.07) is 13.9. The molecule has 0 saturated carbocycles. The maximum atomic E-state index is 5.70. The van der Waals surface area contributed by atoms with Gasteiger partial charge in [-0.1, -0.05) is 12.1 Å². The van der Waals surface area contributed by atoms with Crippen LogP contribution in [-0.4, -0.2) is 4.98 Å². The van der Waals surface area contributed by atoms with Gasteiger partial charge in [0.25, 0.3) is 0 Å². The zero-order chi connectivity index (χ0) is 10.5. The van der Waals surface area contributed by atoms with E-state index in [1.54, 1.807) is 11.8 Å². The molecule has 2 nitrogen and oxygen atoms in total. The van der Waals surface area contributed by atoms with Crippen LogP contribution < -0.4 is 5.73 Å². The van der Waals surface area contributed by atoms with Gasteiger partial charge in [0.15, 0.2) is 0 Å². The quantitative estimate of drug-likeness (QED) is 0.633. The molecule has 0 aliphatic heterocycles. The van der Waals surface area contributed by atoms with Gasteiger partial charge in [-0.25, -0.2) is 0 Å². The first-order chi connectivity index (χ1) is 7.34. The van der Waals surface area contributed by atoms with Gasteiger partial charge in [-0.05, 0) is 30.3 Å². The Labute approximate surface area is 93.5 Å². The molecule has 0 aliphatic rings. The molecule has 2 N–H and O–H groups in total. The number of thioether (sulfide) groups is 1. The first-order valence-corrected chi connectivity index (χ1v) is 5.71. The van der Waals surface area contributed by atoms with Gasteiger partial charge < -0.3 is 5.73 Å². The average molecular weight is 216 g/mol. The van der Waals surface area contributed by atoms with E-state index in [-0.39, 0.29) is 0 Å². The van der Waals surface area contributed by atoms with Gasteiger partial charge in [0, 0.05) is 22.5 Å². The molecule has 0 spiro atoms. The fourth-order valence-electron chi connectivity index (χ4n) is 1.25. The lowest BCUT2D eigenvalue weighted by atomic mass is 10.3. The molecule has 0 unspecified atom stereocenters. The minimum Gasteiger partial charge on any atom is -0.399 e. The van der Waals surface area contributed by atoms with Crippen molar-refractivity contribution in [2.75, 3.05) is 5.73 Å². The van der Waals surface area contributed by atoms with Crippen LogP contribution in [0.5, 0.6) is 0 Å². The molecule has 0 saturated heterocycles. The van der Waals surface area contributed by atoms with Crippen molar-refractivity contribution in [2.24, 2.45) is 0 Å². The van der Waals surface area contributed by atoms with E-state index in [0.29, 0.717) is 0 Å². The summed E-state index contributed by atoms with van der Waals surface area (Å²) in [5, 5.41) is 0. The third-order valence-corrected chi connectivity index (χ3v) is 3.00. The van der Waals surface area contributed by atoms with E-state index in [1.165, 1.54) is 4.90 Å². The number of nitrogens with zero attached hydrogens (tertiary/aromatic N) is 1. The molecule has 1 aromatic heterocycles. The molecule has 1 aromatic carbocycles. The first-order valence-electron chi connectivity index (χ1n) is 4.73. The Balaban J connectivity index is 1.99. The molecule has 0 amide bonds. The van der Waals surface area contributed by atoms with E-state index >= 15 is 0 Å². The van der Waals surface area contributed by atoms with Gasteiger partial charge in [0.2, 0.25) is 0 Å². The minimum atomic E-state index is 0.807. The summed E-state index contributed by atoms with van der Waals surface area (Å²) in [6.45, 7) is 0. The molecular formula is C12H12N2S. The van der Waals surface area contributed by atoms with Crippen LogP contribution in [0.3, 0.4) is 0 Å². The maximum Gasteiger partial charge on any atom is 0.0506 e. The highest BCUT2D eigenvalue weighted by molar-refractivity contribution is 7.98. The van der Waals surface area contributed by atoms with E-state index in [2.05, 4.69) is 11.1 Å². The molecule has 3 heteroatoms. The van der Waals surface area contributed by atoms with Crippen LogP contribution in [0.15, 0.2) is 53.6 Å². The van der Waals surface area contributed by atoms with E-state index in [0.717, 1.165) is 17.1 Å². The fourth-order valence-corrected chi connectivity index (χ4v) is 2.12. The molecule has 15 heavy (non-hydrogen) atoms. The van der Waals surface area contributed by atoms with Gasteiger partial charge in [-0.3, -0.25) is 4.98 Å². The molecule has 2 aromatic rings. The predicted octanol–water partition coefficient (Wildman–Crippen LogP) is 2.96. The lowest BCUT2D eigenvalue weighted by molar-refractivity contribution is 1.17. The second kappa shape index (κ2) is 4.84. The minimum absolute atomic E-state index is 0.807. The Morgan fingerprint density at radius 3 is 2.80 bits per heavy atom. The van der Waals surface area contributed by atoms with Crippen molar-refractivity contribution in [1.82, 2.24) is 4.98 Å². The molecule has 0 radical (unpaired) electrons. The molecule has 1 heterocycles. The summed E-state index contributed by atoms with van der Waals surface area (Å²) in [7, 11) is 0. The highest BCUT2D eigenvalue weighted by atomic mass is 32.2. The topological polar surface area (TPSA) is 38.9 Å². The van der Waals surface area contributed by atoms with Crippen LogP contribution in [0.4, 0.5) is 5.69 Å². The third kappa shape index (κ3) is 2.99. The van der Waals surface area contributed by atoms with Crippen molar-refractivity contribution in [3.05, 3.63) is 54.4 Å². The monoisotopic (exact) mass is 216 g/mol. The van der Waals surface area contributed by atoms with Gasteiger partial charge in [-0.15, -0.1) is 11.8 Å². The van der Waals surface area contributed by atoms with Crippen molar-refractivity contribution in [2.45, 2.75) is 10.6 Å². The van der Waals surface area contributed by atoms with Crippen molar-refractivity contribution in [3.8, 4) is 0 Å². The number of anilines is 1. The van der Waals surface area contributed by atoms with Crippen LogP contribution in [0, 0.1) is 0 Å². The molecular weight excluding hydrogens is 204 g/mol. The highest BCUT2D eigenvalue weighted by Crippen LogP contribution is 2.23. The Hall–Kier alpha value is -1.48. The normalized spacial score (nSPS) is 10.1. The smallest absolute Gasteiger partial charge is 0.0506 e. The number of hydrogen-bond donors (Lipinski definition) is 1. The van der Waals surface area contributed by atoms with E-state index < -0.39 is 0 Å².